The van der Waals surface area contributed by atoms with Crippen LogP contribution in [0.25, 0.3) is 0 Å². The molecule has 3 heterocycles. The van der Waals surface area contributed by atoms with Crippen LogP contribution in [0.3, 0.4) is 0 Å². The number of nitrogens with zero attached hydrogens (tertiary/aromatic N) is 3. The number of fused-ring (bicyclic) bond motifs is 3. The number of rotatable bonds is 5. The Morgan fingerprint density at radius 3 is 2.44 bits per heavy atom. The second kappa shape index (κ2) is 12.2. The van der Waals surface area contributed by atoms with Crippen LogP contribution in [-0.4, -0.2) is 89.5 Å². The first kappa shape index (κ1) is 27.1. The molecule has 2 atom stereocenters. The molecule has 3 aliphatic heterocycles. The van der Waals surface area contributed by atoms with Crippen LogP contribution in [0.4, 0.5) is 0 Å². The van der Waals surface area contributed by atoms with E-state index in [1.54, 1.807) is 0 Å². The molecule has 0 unspecified atom stereocenters. The zero-order valence-electron chi connectivity index (χ0n) is 22.5. The first-order valence-corrected chi connectivity index (χ1v) is 14.3. The van der Waals surface area contributed by atoms with Crippen molar-refractivity contribution in [3.05, 3.63) is 35.4 Å². The SMILES string of the molecule is O=C1CN(CC(=O)NC2CC2)C(=O)C[C@H]2CN(CC[C@H]2CC(=O)N2CCCC2)C(=O)Cc2ccccc2CN1. The van der Waals surface area contributed by atoms with Crippen molar-refractivity contribution in [2.45, 2.75) is 64.0 Å². The highest BCUT2D eigenvalue weighted by molar-refractivity contribution is 5.89. The molecule has 10 nitrogen and oxygen atoms in total. The summed E-state index contributed by atoms with van der Waals surface area (Å²) in [5.41, 5.74) is 1.71. The van der Waals surface area contributed by atoms with Crippen LogP contribution in [0.2, 0.25) is 0 Å². The fourth-order valence-corrected chi connectivity index (χ4v) is 5.99. The summed E-state index contributed by atoms with van der Waals surface area (Å²) in [6.07, 6.45) is 5.19. The predicted molar refractivity (Wildman–Crippen MR) is 143 cm³/mol. The van der Waals surface area contributed by atoms with E-state index in [9.17, 15) is 24.0 Å². The van der Waals surface area contributed by atoms with Crippen LogP contribution < -0.4 is 10.6 Å². The van der Waals surface area contributed by atoms with Crippen molar-refractivity contribution >= 4 is 29.5 Å². The van der Waals surface area contributed by atoms with Crippen molar-refractivity contribution in [3.63, 3.8) is 0 Å². The molecule has 0 spiro atoms. The summed E-state index contributed by atoms with van der Waals surface area (Å²) in [5.74, 6) is -1.10. The third-order valence-corrected chi connectivity index (χ3v) is 8.48. The average Bonchev–Trinajstić information content (AvgIpc) is 3.54. The molecule has 10 heteroatoms. The van der Waals surface area contributed by atoms with Crippen molar-refractivity contribution in [2.24, 2.45) is 11.8 Å². The second-order valence-corrected chi connectivity index (χ2v) is 11.5. The number of carbonyl (C=O) groups is 5. The van der Waals surface area contributed by atoms with E-state index >= 15 is 0 Å². The minimum Gasteiger partial charge on any atom is -0.352 e. The predicted octanol–water partition coefficient (Wildman–Crippen LogP) is 0.833. The van der Waals surface area contributed by atoms with Crippen molar-refractivity contribution < 1.29 is 24.0 Å². The van der Waals surface area contributed by atoms with Gasteiger partial charge in [-0.15, -0.1) is 0 Å². The van der Waals surface area contributed by atoms with Gasteiger partial charge in [0.1, 0.15) is 13.1 Å². The number of carbonyl (C=O) groups excluding carboxylic acids is 5. The van der Waals surface area contributed by atoms with Crippen LogP contribution >= 0.6 is 0 Å². The highest BCUT2D eigenvalue weighted by atomic mass is 16.2. The van der Waals surface area contributed by atoms with E-state index in [0.717, 1.165) is 49.9 Å². The topological polar surface area (TPSA) is 119 Å². The van der Waals surface area contributed by atoms with E-state index in [-0.39, 0.29) is 79.9 Å². The molecule has 2 saturated heterocycles. The maximum Gasteiger partial charge on any atom is 0.239 e. The van der Waals surface area contributed by atoms with E-state index in [1.165, 1.54) is 4.90 Å². The summed E-state index contributed by atoms with van der Waals surface area (Å²) in [5, 5.41) is 5.76. The molecule has 1 aromatic rings. The van der Waals surface area contributed by atoms with Crippen LogP contribution in [0, 0.1) is 11.8 Å². The quantitative estimate of drug-likeness (QED) is 0.577. The zero-order valence-corrected chi connectivity index (χ0v) is 22.5. The minimum absolute atomic E-state index is 0.0201. The van der Waals surface area contributed by atoms with Gasteiger partial charge in [-0.05, 0) is 55.1 Å². The molecular weight excluding hydrogens is 498 g/mol. The number of likely N-dealkylation sites (tertiary alicyclic amines) is 1. The third kappa shape index (κ3) is 7.16. The molecule has 0 aromatic heterocycles. The van der Waals surface area contributed by atoms with Gasteiger partial charge in [0, 0.05) is 51.6 Å². The van der Waals surface area contributed by atoms with Gasteiger partial charge in [0.15, 0.2) is 0 Å². The summed E-state index contributed by atoms with van der Waals surface area (Å²) in [7, 11) is 0. The molecule has 210 valence electrons. The van der Waals surface area contributed by atoms with Crippen molar-refractivity contribution in [3.8, 4) is 0 Å². The maximum atomic E-state index is 13.6. The van der Waals surface area contributed by atoms with Gasteiger partial charge in [0.2, 0.25) is 29.5 Å². The number of piperidine rings is 1. The number of amides is 5. The largest absolute Gasteiger partial charge is 0.352 e. The average molecular weight is 538 g/mol. The zero-order chi connectivity index (χ0) is 27.4. The number of benzene rings is 1. The normalized spacial score (nSPS) is 24.6. The highest BCUT2D eigenvalue weighted by Gasteiger charge is 2.37. The lowest BCUT2D eigenvalue weighted by molar-refractivity contribution is -0.142. The fraction of sp³-hybridized carbons (Fsp3) is 0.621. The van der Waals surface area contributed by atoms with E-state index in [0.29, 0.717) is 25.9 Å². The molecular formula is C29H39N5O5. The molecule has 5 rings (SSSR count). The molecule has 1 aliphatic carbocycles. The Kier molecular flexibility index (Phi) is 8.47. The smallest absolute Gasteiger partial charge is 0.239 e. The Balaban J connectivity index is 1.38. The molecule has 39 heavy (non-hydrogen) atoms. The molecule has 2 bridgehead atoms. The number of nitrogens with one attached hydrogen (secondary N) is 2. The van der Waals surface area contributed by atoms with E-state index in [2.05, 4.69) is 10.6 Å². The Bertz CT molecular complexity index is 1110. The van der Waals surface area contributed by atoms with Crippen LogP contribution in [0.1, 0.15) is 56.1 Å². The molecule has 1 saturated carbocycles. The fourth-order valence-electron chi connectivity index (χ4n) is 5.99. The van der Waals surface area contributed by atoms with Gasteiger partial charge in [0.25, 0.3) is 0 Å². The molecule has 2 N–H and O–H groups in total. The van der Waals surface area contributed by atoms with Gasteiger partial charge in [-0.3, -0.25) is 24.0 Å². The van der Waals surface area contributed by atoms with E-state index in [1.807, 2.05) is 34.1 Å². The minimum atomic E-state index is -0.355. The highest BCUT2D eigenvalue weighted by Crippen LogP contribution is 2.31. The van der Waals surface area contributed by atoms with Crippen LogP contribution in [0.15, 0.2) is 24.3 Å². The van der Waals surface area contributed by atoms with Crippen LogP contribution in [-0.2, 0) is 36.9 Å². The first-order valence-electron chi connectivity index (χ1n) is 14.3. The lowest BCUT2D eigenvalue weighted by Gasteiger charge is -2.39. The molecule has 0 radical (unpaired) electrons. The summed E-state index contributed by atoms with van der Waals surface area (Å²) in [6.45, 7) is 2.32. The molecule has 3 fully saturated rings. The van der Waals surface area contributed by atoms with Gasteiger partial charge in [0.05, 0.1) is 6.42 Å². The van der Waals surface area contributed by atoms with E-state index < -0.39 is 0 Å². The van der Waals surface area contributed by atoms with E-state index in [4.69, 9.17) is 0 Å². The van der Waals surface area contributed by atoms with Crippen molar-refractivity contribution in [2.75, 3.05) is 39.3 Å². The molecule has 1 aromatic carbocycles. The Morgan fingerprint density at radius 2 is 1.69 bits per heavy atom. The molecule has 5 amide bonds. The van der Waals surface area contributed by atoms with Gasteiger partial charge in [-0.25, -0.2) is 0 Å². The lowest BCUT2D eigenvalue weighted by atomic mass is 9.80. The summed E-state index contributed by atoms with van der Waals surface area (Å²) in [6, 6.07) is 7.70. The van der Waals surface area contributed by atoms with Crippen molar-refractivity contribution in [1.82, 2.24) is 25.3 Å². The Morgan fingerprint density at radius 1 is 0.949 bits per heavy atom. The van der Waals surface area contributed by atoms with Gasteiger partial charge in [-0.1, -0.05) is 24.3 Å². The number of hydrogen-bond acceptors (Lipinski definition) is 5. The van der Waals surface area contributed by atoms with Gasteiger partial charge in [-0.2, -0.15) is 0 Å². The van der Waals surface area contributed by atoms with Crippen molar-refractivity contribution in [1.29, 1.82) is 0 Å². The summed E-state index contributed by atoms with van der Waals surface area (Å²) in [4.78, 5) is 70.6. The maximum absolute atomic E-state index is 13.6. The second-order valence-electron chi connectivity index (χ2n) is 11.5. The third-order valence-electron chi connectivity index (χ3n) is 8.48. The Hall–Kier alpha value is -3.43. The lowest BCUT2D eigenvalue weighted by Crippen LogP contribution is -2.50. The van der Waals surface area contributed by atoms with Crippen LogP contribution in [0.5, 0.6) is 0 Å². The monoisotopic (exact) mass is 537 g/mol. The Labute approximate surface area is 229 Å². The first-order chi connectivity index (χ1) is 18.9. The summed E-state index contributed by atoms with van der Waals surface area (Å²) < 4.78 is 0. The van der Waals surface area contributed by atoms with Gasteiger partial charge < -0.3 is 25.3 Å². The summed E-state index contributed by atoms with van der Waals surface area (Å²) >= 11 is 0. The van der Waals surface area contributed by atoms with Gasteiger partial charge >= 0.3 is 0 Å². The number of hydrogen-bond donors (Lipinski definition) is 2. The standard InChI is InChI=1S/C29H39N5O5/c35-25-18-34(19-26(36)31-24-7-8-24)29(39)15-23-17-33(12-9-21(23)14-27(37)32-10-3-4-11-32)28(38)13-20-5-1-2-6-22(20)16-30-25/h1-2,5-6,21,23-24H,3-4,7-19H2,(H,30,35)(H,31,36)/t21-,23-/m0/s1. The molecule has 4 aliphatic rings.